The van der Waals surface area contributed by atoms with E-state index in [1.165, 1.54) is 23.7 Å². The number of anilines is 1. The van der Waals surface area contributed by atoms with Crippen LogP contribution in [0.25, 0.3) is 0 Å². The highest BCUT2D eigenvalue weighted by Gasteiger charge is 2.17. The van der Waals surface area contributed by atoms with E-state index in [0.717, 1.165) is 10.6 Å². The maximum atomic E-state index is 12.8. The van der Waals surface area contributed by atoms with Gasteiger partial charge in [-0.15, -0.1) is 0 Å². The van der Waals surface area contributed by atoms with Gasteiger partial charge in [0, 0.05) is 13.6 Å². The molecule has 0 aliphatic rings. The van der Waals surface area contributed by atoms with E-state index in [0.29, 0.717) is 17.8 Å². The Bertz CT molecular complexity index is 580. The van der Waals surface area contributed by atoms with E-state index in [2.05, 4.69) is 15.0 Å². The van der Waals surface area contributed by atoms with Crippen molar-refractivity contribution in [1.29, 1.82) is 0 Å². The summed E-state index contributed by atoms with van der Waals surface area (Å²) in [6, 6.07) is 6.04. The third kappa shape index (κ3) is 3.08. The standard InChI is InChI=1S/C13H14FN3OS/c1-8-11(13(15-2)19-17-8)12(18)16-7-9-3-5-10(14)6-4-9/h3-6,15H,7H2,1-2H3,(H,16,18). The molecule has 6 heteroatoms. The third-order valence-corrected chi connectivity index (χ3v) is 3.64. The van der Waals surface area contributed by atoms with Crippen LogP contribution in [-0.2, 0) is 6.54 Å². The second-order valence-electron chi connectivity index (χ2n) is 4.03. The van der Waals surface area contributed by atoms with Crippen molar-refractivity contribution < 1.29 is 9.18 Å². The first-order chi connectivity index (χ1) is 9.11. The summed E-state index contributed by atoms with van der Waals surface area (Å²) in [4.78, 5) is 12.1. The molecule has 0 unspecified atom stereocenters. The molecule has 4 nitrogen and oxygen atoms in total. The van der Waals surface area contributed by atoms with Crippen LogP contribution in [0.3, 0.4) is 0 Å². The van der Waals surface area contributed by atoms with Gasteiger partial charge in [-0.3, -0.25) is 4.79 Å². The van der Waals surface area contributed by atoms with Crippen LogP contribution in [0, 0.1) is 12.7 Å². The summed E-state index contributed by atoms with van der Waals surface area (Å²) in [5.41, 5.74) is 2.11. The first-order valence-electron chi connectivity index (χ1n) is 5.78. The van der Waals surface area contributed by atoms with Crippen LogP contribution in [0.15, 0.2) is 24.3 Å². The van der Waals surface area contributed by atoms with Gasteiger partial charge in [-0.1, -0.05) is 12.1 Å². The van der Waals surface area contributed by atoms with Gasteiger partial charge in [-0.2, -0.15) is 4.37 Å². The van der Waals surface area contributed by atoms with Crippen molar-refractivity contribution in [2.24, 2.45) is 0 Å². The first-order valence-corrected chi connectivity index (χ1v) is 6.56. The molecule has 1 heterocycles. The van der Waals surface area contributed by atoms with Crippen molar-refractivity contribution in [3.05, 3.63) is 46.9 Å². The Kier molecular flexibility index (Phi) is 4.11. The molecule has 2 aromatic rings. The van der Waals surface area contributed by atoms with Gasteiger partial charge in [0.2, 0.25) is 0 Å². The zero-order chi connectivity index (χ0) is 13.8. The van der Waals surface area contributed by atoms with Crippen LogP contribution in [0.1, 0.15) is 21.6 Å². The second-order valence-corrected chi connectivity index (χ2v) is 4.80. The molecule has 0 spiro atoms. The molecule has 0 radical (unpaired) electrons. The van der Waals surface area contributed by atoms with E-state index in [4.69, 9.17) is 0 Å². The van der Waals surface area contributed by atoms with Gasteiger partial charge in [-0.05, 0) is 36.2 Å². The number of halogens is 1. The number of carbonyl (C=O) groups excluding carboxylic acids is 1. The Morgan fingerprint density at radius 1 is 1.37 bits per heavy atom. The van der Waals surface area contributed by atoms with Crippen molar-refractivity contribution in [2.75, 3.05) is 12.4 Å². The number of hydrogen-bond donors (Lipinski definition) is 2. The molecule has 19 heavy (non-hydrogen) atoms. The highest BCUT2D eigenvalue weighted by atomic mass is 32.1. The molecule has 0 saturated carbocycles. The lowest BCUT2D eigenvalue weighted by Crippen LogP contribution is -2.23. The van der Waals surface area contributed by atoms with Crippen LogP contribution < -0.4 is 10.6 Å². The molecule has 2 rings (SSSR count). The van der Waals surface area contributed by atoms with Gasteiger partial charge in [0.15, 0.2) is 0 Å². The van der Waals surface area contributed by atoms with E-state index < -0.39 is 0 Å². The van der Waals surface area contributed by atoms with E-state index in [1.807, 2.05) is 0 Å². The number of hydrogen-bond acceptors (Lipinski definition) is 4. The molecule has 2 N–H and O–H groups in total. The predicted molar refractivity (Wildman–Crippen MR) is 74.0 cm³/mol. The maximum Gasteiger partial charge on any atom is 0.256 e. The Balaban J connectivity index is 2.05. The molecule has 0 saturated heterocycles. The lowest BCUT2D eigenvalue weighted by Gasteiger charge is -2.06. The monoisotopic (exact) mass is 279 g/mol. The summed E-state index contributed by atoms with van der Waals surface area (Å²) in [6.07, 6.45) is 0. The molecule has 0 aliphatic carbocycles. The molecule has 0 fully saturated rings. The van der Waals surface area contributed by atoms with E-state index in [1.54, 1.807) is 26.1 Å². The normalized spacial score (nSPS) is 10.3. The van der Waals surface area contributed by atoms with Gasteiger partial charge in [0.25, 0.3) is 5.91 Å². The van der Waals surface area contributed by atoms with E-state index in [9.17, 15) is 9.18 Å². The van der Waals surface area contributed by atoms with Gasteiger partial charge < -0.3 is 10.6 Å². The molecule has 100 valence electrons. The van der Waals surface area contributed by atoms with Crippen molar-refractivity contribution in [2.45, 2.75) is 13.5 Å². The van der Waals surface area contributed by atoms with E-state index in [-0.39, 0.29) is 11.7 Å². The smallest absolute Gasteiger partial charge is 0.256 e. The Morgan fingerprint density at radius 2 is 2.05 bits per heavy atom. The summed E-state index contributed by atoms with van der Waals surface area (Å²) in [6.45, 7) is 2.15. The van der Waals surface area contributed by atoms with Crippen LogP contribution in [0.4, 0.5) is 9.39 Å². The average Bonchev–Trinajstić information content (AvgIpc) is 2.79. The highest BCUT2D eigenvalue weighted by molar-refractivity contribution is 7.10. The van der Waals surface area contributed by atoms with Gasteiger partial charge in [0.05, 0.1) is 11.3 Å². The van der Waals surface area contributed by atoms with Gasteiger partial charge >= 0.3 is 0 Å². The number of aromatic nitrogens is 1. The summed E-state index contributed by atoms with van der Waals surface area (Å²) in [5.74, 6) is -0.467. The number of nitrogens with zero attached hydrogens (tertiary/aromatic N) is 1. The van der Waals surface area contributed by atoms with Crippen LogP contribution in [0.2, 0.25) is 0 Å². The zero-order valence-corrected chi connectivity index (χ0v) is 11.5. The molecular weight excluding hydrogens is 265 g/mol. The van der Waals surface area contributed by atoms with Crippen molar-refractivity contribution in [1.82, 2.24) is 9.69 Å². The topological polar surface area (TPSA) is 54.0 Å². The van der Waals surface area contributed by atoms with Crippen molar-refractivity contribution in [3.63, 3.8) is 0 Å². The molecule has 0 aliphatic heterocycles. The van der Waals surface area contributed by atoms with Crippen LogP contribution in [-0.4, -0.2) is 17.3 Å². The van der Waals surface area contributed by atoms with Gasteiger partial charge in [-0.25, -0.2) is 4.39 Å². The summed E-state index contributed by atoms with van der Waals surface area (Å²) in [5, 5.41) is 6.49. The molecule has 1 aromatic carbocycles. The quantitative estimate of drug-likeness (QED) is 0.904. The first kappa shape index (κ1) is 13.5. The summed E-state index contributed by atoms with van der Waals surface area (Å²) >= 11 is 1.26. The predicted octanol–water partition coefficient (Wildman–Crippen LogP) is 2.56. The highest BCUT2D eigenvalue weighted by Crippen LogP contribution is 2.23. The minimum atomic E-state index is -0.287. The second kappa shape index (κ2) is 5.79. The minimum Gasteiger partial charge on any atom is -0.378 e. The molecule has 0 atom stereocenters. The molecule has 1 amide bonds. The van der Waals surface area contributed by atoms with Crippen LogP contribution >= 0.6 is 11.5 Å². The number of nitrogens with one attached hydrogen (secondary N) is 2. The number of aryl methyl sites for hydroxylation is 1. The molecule has 1 aromatic heterocycles. The number of carbonyl (C=O) groups is 1. The number of benzene rings is 1. The Hall–Kier alpha value is -1.95. The Morgan fingerprint density at radius 3 is 2.68 bits per heavy atom. The van der Waals surface area contributed by atoms with E-state index >= 15 is 0 Å². The number of rotatable bonds is 4. The van der Waals surface area contributed by atoms with Gasteiger partial charge in [0.1, 0.15) is 10.8 Å². The molecular formula is C13H14FN3OS. The summed E-state index contributed by atoms with van der Waals surface area (Å²) in [7, 11) is 1.75. The minimum absolute atomic E-state index is 0.181. The maximum absolute atomic E-state index is 12.8. The Labute approximate surface area is 114 Å². The third-order valence-electron chi connectivity index (χ3n) is 2.68. The zero-order valence-electron chi connectivity index (χ0n) is 10.7. The fourth-order valence-corrected chi connectivity index (χ4v) is 2.42. The fourth-order valence-electron chi connectivity index (χ4n) is 1.68. The van der Waals surface area contributed by atoms with Crippen molar-refractivity contribution >= 4 is 22.4 Å². The largest absolute Gasteiger partial charge is 0.378 e. The lowest BCUT2D eigenvalue weighted by atomic mass is 10.2. The lowest BCUT2D eigenvalue weighted by molar-refractivity contribution is 0.0951. The summed E-state index contributed by atoms with van der Waals surface area (Å²) < 4.78 is 16.9. The van der Waals surface area contributed by atoms with Crippen LogP contribution in [0.5, 0.6) is 0 Å². The average molecular weight is 279 g/mol. The van der Waals surface area contributed by atoms with Crippen molar-refractivity contribution in [3.8, 4) is 0 Å². The SMILES string of the molecule is CNc1snc(C)c1C(=O)NCc1ccc(F)cc1. The fraction of sp³-hybridized carbons (Fsp3) is 0.231. The number of amides is 1. The molecule has 0 bridgehead atoms.